The first-order chi connectivity index (χ1) is 13.5. The van der Waals surface area contributed by atoms with Gasteiger partial charge in [-0.2, -0.15) is 5.10 Å². The zero-order valence-corrected chi connectivity index (χ0v) is 18.2. The molecule has 0 aliphatic carbocycles. The number of carbonyl (C=O) groups is 1. The van der Waals surface area contributed by atoms with Gasteiger partial charge in [0.25, 0.3) is 5.91 Å². The average molecular weight is 464 g/mol. The molecule has 0 radical (unpaired) electrons. The predicted molar refractivity (Wildman–Crippen MR) is 118 cm³/mol. The molecule has 1 aliphatic rings. The second kappa shape index (κ2) is 10.2. The van der Waals surface area contributed by atoms with Gasteiger partial charge in [-0.05, 0) is 36.2 Å². The third kappa shape index (κ3) is 6.14. The third-order valence-electron chi connectivity index (χ3n) is 4.77. The highest BCUT2D eigenvalue weighted by molar-refractivity contribution is 9.10. The van der Waals surface area contributed by atoms with Crippen LogP contribution in [0.15, 0.2) is 58.1 Å². The van der Waals surface area contributed by atoms with E-state index in [1.807, 2.05) is 49.4 Å². The van der Waals surface area contributed by atoms with E-state index in [-0.39, 0.29) is 5.91 Å². The van der Waals surface area contributed by atoms with Crippen molar-refractivity contribution >= 4 is 39.1 Å². The smallest absolute Gasteiger partial charge is 0.254 e. The minimum Gasteiger partial charge on any atom is -0.296 e. The fourth-order valence-corrected chi connectivity index (χ4v) is 3.73. The molecule has 1 heterocycles. The Labute approximate surface area is 179 Å². The quantitative estimate of drug-likeness (QED) is 0.524. The summed E-state index contributed by atoms with van der Waals surface area (Å²) in [6.07, 6.45) is 0. The van der Waals surface area contributed by atoms with Crippen molar-refractivity contribution in [2.75, 3.05) is 32.7 Å². The van der Waals surface area contributed by atoms with E-state index in [0.717, 1.165) is 59.1 Å². The molecule has 0 bridgehead atoms. The lowest BCUT2D eigenvalue weighted by molar-refractivity contribution is -0.122. The molecule has 28 heavy (non-hydrogen) atoms. The number of hydrazone groups is 1. The molecule has 1 aliphatic heterocycles. The largest absolute Gasteiger partial charge is 0.296 e. The molecular formula is C21H24BrClN4O. The molecule has 148 valence electrons. The van der Waals surface area contributed by atoms with Crippen LogP contribution in [-0.4, -0.2) is 54.1 Å². The van der Waals surface area contributed by atoms with Crippen molar-refractivity contribution in [1.82, 2.24) is 15.2 Å². The van der Waals surface area contributed by atoms with Gasteiger partial charge in [-0.25, -0.2) is 5.43 Å². The maximum atomic E-state index is 12.2. The number of nitrogens with zero attached hydrogens (tertiary/aromatic N) is 3. The molecule has 0 atom stereocenters. The lowest BCUT2D eigenvalue weighted by Crippen LogP contribution is -2.48. The highest BCUT2D eigenvalue weighted by Crippen LogP contribution is 2.18. The Hall–Kier alpha value is -1.73. The summed E-state index contributed by atoms with van der Waals surface area (Å²) >= 11 is 9.69. The van der Waals surface area contributed by atoms with E-state index in [4.69, 9.17) is 11.6 Å². The second-order valence-electron chi connectivity index (χ2n) is 6.89. The fourth-order valence-electron chi connectivity index (χ4n) is 3.14. The van der Waals surface area contributed by atoms with Crippen molar-refractivity contribution in [3.63, 3.8) is 0 Å². The van der Waals surface area contributed by atoms with E-state index in [2.05, 4.69) is 42.3 Å². The van der Waals surface area contributed by atoms with Crippen LogP contribution in [-0.2, 0) is 11.3 Å². The van der Waals surface area contributed by atoms with Crippen LogP contribution in [0.25, 0.3) is 0 Å². The molecule has 3 rings (SSSR count). The molecule has 7 heteroatoms. The van der Waals surface area contributed by atoms with Crippen LogP contribution in [0.3, 0.4) is 0 Å². The monoisotopic (exact) mass is 462 g/mol. The van der Waals surface area contributed by atoms with Crippen LogP contribution < -0.4 is 5.43 Å². The average Bonchev–Trinajstić information content (AvgIpc) is 2.69. The number of amides is 1. The number of benzene rings is 2. The SMILES string of the molecule is CC(=NNC(=O)CN1CCN(Cc2ccccc2Cl)CC1)c1cccc(Br)c1. The highest BCUT2D eigenvalue weighted by atomic mass is 79.9. The van der Waals surface area contributed by atoms with Crippen LogP contribution in [0.5, 0.6) is 0 Å². The van der Waals surface area contributed by atoms with E-state index in [1.165, 1.54) is 0 Å². The Bertz CT molecular complexity index is 850. The van der Waals surface area contributed by atoms with Crippen LogP contribution in [0, 0.1) is 0 Å². The molecule has 0 saturated carbocycles. The van der Waals surface area contributed by atoms with Crippen molar-refractivity contribution in [2.45, 2.75) is 13.5 Å². The molecule has 0 unspecified atom stereocenters. The van der Waals surface area contributed by atoms with E-state index in [1.54, 1.807) is 0 Å². The van der Waals surface area contributed by atoms with Gasteiger partial charge in [-0.1, -0.05) is 57.9 Å². The maximum absolute atomic E-state index is 12.2. The van der Waals surface area contributed by atoms with Crippen LogP contribution in [0.1, 0.15) is 18.1 Å². The van der Waals surface area contributed by atoms with E-state index < -0.39 is 0 Å². The van der Waals surface area contributed by atoms with Gasteiger partial charge in [0.05, 0.1) is 12.3 Å². The number of halogens is 2. The van der Waals surface area contributed by atoms with Gasteiger partial charge < -0.3 is 0 Å². The molecule has 1 N–H and O–H groups in total. The van der Waals surface area contributed by atoms with Gasteiger partial charge in [-0.15, -0.1) is 0 Å². The summed E-state index contributed by atoms with van der Waals surface area (Å²) < 4.78 is 0.987. The molecule has 1 fully saturated rings. The van der Waals surface area contributed by atoms with Gasteiger partial charge in [-0.3, -0.25) is 14.6 Å². The molecule has 2 aromatic rings. The summed E-state index contributed by atoms with van der Waals surface area (Å²) in [5.74, 6) is -0.0890. The molecule has 2 aromatic carbocycles. The molecule has 0 aromatic heterocycles. The minimum atomic E-state index is -0.0890. The number of hydrogen-bond acceptors (Lipinski definition) is 4. The molecule has 1 amide bonds. The summed E-state index contributed by atoms with van der Waals surface area (Å²) in [5, 5.41) is 5.03. The lowest BCUT2D eigenvalue weighted by Gasteiger charge is -2.34. The summed E-state index contributed by atoms with van der Waals surface area (Å²) in [6, 6.07) is 15.8. The Morgan fingerprint density at radius 3 is 2.54 bits per heavy atom. The second-order valence-corrected chi connectivity index (χ2v) is 8.21. The summed E-state index contributed by atoms with van der Waals surface area (Å²) in [6.45, 7) is 6.62. The van der Waals surface area contributed by atoms with E-state index >= 15 is 0 Å². The summed E-state index contributed by atoms with van der Waals surface area (Å²) in [7, 11) is 0. The number of rotatable bonds is 6. The van der Waals surface area contributed by atoms with Crippen molar-refractivity contribution in [2.24, 2.45) is 5.10 Å². The predicted octanol–water partition coefficient (Wildman–Crippen LogP) is 3.76. The molecule has 0 spiro atoms. The molecule has 1 saturated heterocycles. The van der Waals surface area contributed by atoms with Crippen LogP contribution in [0.2, 0.25) is 5.02 Å². The number of piperazine rings is 1. The zero-order chi connectivity index (χ0) is 19.9. The van der Waals surface area contributed by atoms with Crippen molar-refractivity contribution in [1.29, 1.82) is 0 Å². The van der Waals surface area contributed by atoms with Gasteiger partial charge in [0.15, 0.2) is 0 Å². The Balaban J connectivity index is 1.43. The topological polar surface area (TPSA) is 47.9 Å². The van der Waals surface area contributed by atoms with Crippen LogP contribution in [0.4, 0.5) is 0 Å². The van der Waals surface area contributed by atoms with Crippen LogP contribution >= 0.6 is 27.5 Å². The Morgan fingerprint density at radius 1 is 1.11 bits per heavy atom. The normalized spacial score (nSPS) is 16.2. The number of carbonyl (C=O) groups excluding carboxylic acids is 1. The fraction of sp³-hybridized carbons (Fsp3) is 0.333. The third-order valence-corrected chi connectivity index (χ3v) is 5.64. The van der Waals surface area contributed by atoms with E-state index in [9.17, 15) is 4.79 Å². The number of hydrogen-bond donors (Lipinski definition) is 1. The first kappa shape index (κ1) is 21.0. The van der Waals surface area contributed by atoms with Crippen molar-refractivity contribution in [3.8, 4) is 0 Å². The first-order valence-electron chi connectivity index (χ1n) is 9.28. The Morgan fingerprint density at radius 2 is 1.82 bits per heavy atom. The standard InChI is InChI=1S/C21H24BrClN4O/c1-16(17-6-4-7-19(22)13-17)24-25-21(28)15-27-11-9-26(10-12-27)14-18-5-2-3-8-20(18)23/h2-8,13H,9-12,14-15H2,1H3,(H,25,28). The van der Waals surface area contributed by atoms with Gasteiger partial charge >= 0.3 is 0 Å². The first-order valence-corrected chi connectivity index (χ1v) is 10.5. The molecular weight excluding hydrogens is 440 g/mol. The lowest BCUT2D eigenvalue weighted by atomic mass is 10.1. The number of nitrogens with one attached hydrogen (secondary N) is 1. The van der Waals surface area contributed by atoms with E-state index in [0.29, 0.717) is 6.54 Å². The van der Waals surface area contributed by atoms with Gasteiger partial charge in [0.2, 0.25) is 0 Å². The van der Waals surface area contributed by atoms with Crippen molar-refractivity contribution in [3.05, 3.63) is 69.2 Å². The summed E-state index contributed by atoms with van der Waals surface area (Å²) in [5.41, 5.74) is 5.57. The van der Waals surface area contributed by atoms with Gasteiger partial charge in [0.1, 0.15) is 0 Å². The highest BCUT2D eigenvalue weighted by Gasteiger charge is 2.19. The Kier molecular flexibility index (Phi) is 7.62. The minimum absolute atomic E-state index is 0.0890. The maximum Gasteiger partial charge on any atom is 0.254 e. The molecule has 5 nitrogen and oxygen atoms in total. The van der Waals surface area contributed by atoms with Crippen molar-refractivity contribution < 1.29 is 4.79 Å². The van der Waals surface area contributed by atoms with Gasteiger partial charge in [0, 0.05) is 42.2 Å². The zero-order valence-electron chi connectivity index (χ0n) is 15.9. The summed E-state index contributed by atoms with van der Waals surface area (Å²) in [4.78, 5) is 16.8.